The number of rotatable bonds is 4. The van der Waals surface area contributed by atoms with Crippen LogP contribution in [0.1, 0.15) is 18.1 Å². The average Bonchev–Trinajstić information content (AvgIpc) is 3.15. The van der Waals surface area contributed by atoms with Crippen LogP contribution in [-0.2, 0) is 17.8 Å². The molecule has 1 fully saturated rings. The van der Waals surface area contributed by atoms with Crippen molar-refractivity contribution in [1.29, 1.82) is 0 Å². The summed E-state index contributed by atoms with van der Waals surface area (Å²) in [5.41, 5.74) is 0.723. The fourth-order valence-corrected chi connectivity index (χ4v) is 3.37. The summed E-state index contributed by atoms with van der Waals surface area (Å²) in [5, 5.41) is 3.43. The molecule has 0 saturated carbocycles. The molecule has 1 saturated heterocycles. The van der Waals surface area contributed by atoms with E-state index in [1.54, 1.807) is 31.2 Å². The van der Waals surface area contributed by atoms with Crippen molar-refractivity contribution >= 4 is 23.5 Å². The molecule has 0 radical (unpaired) electrons. The van der Waals surface area contributed by atoms with Gasteiger partial charge >= 0.3 is 6.03 Å². The van der Waals surface area contributed by atoms with E-state index in [2.05, 4.69) is 5.32 Å². The third kappa shape index (κ3) is 2.97. The Morgan fingerprint density at radius 2 is 1.77 bits per heavy atom. The third-order valence-electron chi connectivity index (χ3n) is 4.59. The van der Waals surface area contributed by atoms with Gasteiger partial charge in [-0.2, -0.15) is 0 Å². The van der Waals surface area contributed by atoms with Gasteiger partial charge in [0.25, 0.3) is 5.91 Å². The van der Waals surface area contributed by atoms with Crippen molar-refractivity contribution in [1.82, 2.24) is 10.2 Å². The molecule has 0 aromatic heterocycles. The van der Waals surface area contributed by atoms with Crippen molar-refractivity contribution in [3.8, 4) is 11.5 Å². The van der Waals surface area contributed by atoms with Gasteiger partial charge in [0.15, 0.2) is 11.5 Å². The molecule has 6 nitrogen and oxygen atoms in total. The fourth-order valence-electron chi connectivity index (χ4n) is 3.24. The molecule has 2 aromatic rings. The lowest BCUT2D eigenvalue weighted by atomic mass is 9.92. The van der Waals surface area contributed by atoms with Gasteiger partial charge in [0.1, 0.15) is 5.54 Å². The normalized spacial score (nSPS) is 21.2. The smallest absolute Gasteiger partial charge is 0.325 e. The number of hydrogen-bond donors (Lipinski definition) is 1. The predicted octanol–water partition coefficient (Wildman–Crippen LogP) is 3.12. The molecule has 0 bridgehead atoms. The van der Waals surface area contributed by atoms with Crippen LogP contribution in [0.4, 0.5) is 4.79 Å². The van der Waals surface area contributed by atoms with E-state index in [-0.39, 0.29) is 19.2 Å². The molecular formula is C19H17ClN2O4. The first kappa shape index (κ1) is 16.7. The summed E-state index contributed by atoms with van der Waals surface area (Å²) in [4.78, 5) is 26.5. The van der Waals surface area contributed by atoms with Gasteiger partial charge in [0, 0.05) is 11.4 Å². The Labute approximate surface area is 155 Å². The molecule has 7 heteroatoms. The number of nitrogens with one attached hydrogen (secondary N) is 1. The number of nitrogens with zero attached hydrogens (tertiary/aromatic N) is 1. The highest BCUT2D eigenvalue weighted by molar-refractivity contribution is 6.30. The predicted molar refractivity (Wildman–Crippen MR) is 95.2 cm³/mol. The zero-order valence-corrected chi connectivity index (χ0v) is 14.9. The molecule has 4 rings (SSSR count). The lowest BCUT2D eigenvalue weighted by molar-refractivity contribution is -0.131. The maximum atomic E-state index is 12.9. The summed E-state index contributed by atoms with van der Waals surface area (Å²) in [6.45, 7) is 2.14. The SMILES string of the molecule is C[C@@]1(Cc2ccc3c(c2)OCO3)NC(=O)N(Cc2ccc(Cl)cc2)C1=O. The first-order valence-electron chi connectivity index (χ1n) is 8.22. The van der Waals surface area contributed by atoms with Crippen LogP contribution in [0.2, 0.25) is 5.02 Å². The van der Waals surface area contributed by atoms with E-state index in [1.807, 2.05) is 18.2 Å². The Hall–Kier alpha value is -2.73. The largest absolute Gasteiger partial charge is 0.454 e. The van der Waals surface area contributed by atoms with Gasteiger partial charge in [-0.1, -0.05) is 29.8 Å². The van der Waals surface area contributed by atoms with Crippen LogP contribution in [0.3, 0.4) is 0 Å². The molecule has 2 aliphatic heterocycles. The Morgan fingerprint density at radius 1 is 1.08 bits per heavy atom. The number of carbonyl (C=O) groups excluding carboxylic acids is 2. The zero-order chi connectivity index (χ0) is 18.3. The summed E-state index contributed by atoms with van der Waals surface area (Å²) < 4.78 is 10.7. The molecule has 1 N–H and O–H groups in total. The number of halogens is 1. The zero-order valence-electron chi connectivity index (χ0n) is 14.1. The summed E-state index contributed by atoms with van der Waals surface area (Å²) in [7, 11) is 0. The highest BCUT2D eigenvalue weighted by Gasteiger charge is 2.47. The van der Waals surface area contributed by atoms with Gasteiger partial charge in [-0.15, -0.1) is 0 Å². The number of benzene rings is 2. The molecule has 26 heavy (non-hydrogen) atoms. The second-order valence-corrected chi connectivity index (χ2v) is 7.08. The van der Waals surface area contributed by atoms with Crippen LogP contribution in [0, 0.1) is 0 Å². The molecule has 0 unspecified atom stereocenters. The van der Waals surface area contributed by atoms with Gasteiger partial charge < -0.3 is 14.8 Å². The van der Waals surface area contributed by atoms with Crippen LogP contribution in [-0.4, -0.2) is 29.2 Å². The molecule has 0 aliphatic carbocycles. The van der Waals surface area contributed by atoms with Gasteiger partial charge in [0.2, 0.25) is 6.79 Å². The second-order valence-electron chi connectivity index (χ2n) is 6.64. The molecule has 2 aliphatic rings. The van der Waals surface area contributed by atoms with Crippen LogP contribution >= 0.6 is 11.6 Å². The summed E-state index contributed by atoms with van der Waals surface area (Å²) in [5.74, 6) is 1.08. The van der Waals surface area contributed by atoms with Crippen molar-refractivity contribution in [2.45, 2.75) is 25.4 Å². The highest BCUT2D eigenvalue weighted by atomic mass is 35.5. The van der Waals surface area contributed by atoms with E-state index in [9.17, 15) is 9.59 Å². The van der Waals surface area contributed by atoms with Gasteiger partial charge in [-0.05, 0) is 42.3 Å². The third-order valence-corrected chi connectivity index (χ3v) is 4.85. The minimum Gasteiger partial charge on any atom is -0.454 e. The van der Waals surface area contributed by atoms with E-state index in [1.165, 1.54) is 4.90 Å². The Bertz CT molecular complexity index is 884. The van der Waals surface area contributed by atoms with Crippen molar-refractivity contribution in [3.63, 3.8) is 0 Å². The van der Waals surface area contributed by atoms with Gasteiger partial charge in [-0.25, -0.2) is 4.79 Å². The molecule has 2 heterocycles. The minimum atomic E-state index is -1.00. The van der Waals surface area contributed by atoms with Crippen molar-refractivity contribution in [2.75, 3.05) is 6.79 Å². The number of amides is 3. The number of imide groups is 1. The molecule has 2 aromatic carbocycles. The number of hydrogen-bond acceptors (Lipinski definition) is 4. The van der Waals surface area contributed by atoms with E-state index in [4.69, 9.17) is 21.1 Å². The fraction of sp³-hybridized carbons (Fsp3) is 0.263. The molecular weight excluding hydrogens is 356 g/mol. The maximum Gasteiger partial charge on any atom is 0.325 e. The van der Waals surface area contributed by atoms with Crippen LogP contribution in [0.15, 0.2) is 42.5 Å². The number of carbonyl (C=O) groups is 2. The van der Waals surface area contributed by atoms with E-state index < -0.39 is 11.6 Å². The van der Waals surface area contributed by atoms with Crippen LogP contribution < -0.4 is 14.8 Å². The van der Waals surface area contributed by atoms with Crippen molar-refractivity contribution in [2.24, 2.45) is 0 Å². The van der Waals surface area contributed by atoms with E-state index >= 15 is 0 Å². The topological polar surface area (TPSA) is 67.9 Å². The maximum absolute atomic E-state index is 12.9. The molecule has 134 valence electrons. The first-order chi connectivity index (χ1) is 12.4. The average molecular weight is 373 g/mol. The molecule has 3 amide bonds. The summed E-state index contributed by atoms with van der Waals surface area (Å²) >= 11 is 5.88. The Morgan fingerprint density at radius 3 is 2.54 bits per heavy atom. The summed E-state index contributed by atoms with van der Waals surface area (Å²) in [6.07, 6.45) is 0.366. The Balaban J connectivity index is 1.52. The number of urea groups is 1. The number of fused-ring (bicyclic) bond motifs is 1. The van der Waals surface area contributed by atoms with Crippen LogP contribution in [0.25, 0.3) is 0 Å². The van der Waals surface area contributed by atoms with Gasteiger partial charge in [-0.3, -0.25) is 9.69 Å². The van der Waals surface area contributed by atoms with Crippen molar-refractivity contribution < 1.29 is 19.1 Å². The first-order valence-corrected chi connectivity index (χ1v) is 8.59. The molecule has 0 spiro atoms. The Kier molecular flexibility index (Phi) is 4.00. The quantitative estimate of drug-likeness (QED) is 0.837. The van der Waals surface area contributed by atoms with Crippen molar-refractivity contribution in [3.05, 3.63) is 58.6 Å². The standard InChI is InChI=1S/C19H17ClN2O4/c1-19(9-13-4-7-15-16(8-13)26-11-25-15)17(23)22(18(24)21-19)10-12-2-5-14(20)6-3-12/h2-8H,9-11H2,1H3,(H,21,24)/t19-/m0/s1. The highest BCUT2D eigenvalue weighted by Crippen LogP contribution is 2.34. The number of ether oxygens (including phenoxy) is 2. The minimum absolute atomic E-state index is 0.195. The monoisotopic (exact) mass is 372 g/mol. The van der Waals surface area contributed by atoms with E-state index in [0.29, 0.717) is 22.9 Å². The van der Waals surface area contributed by atoms with Gasteiger partial charge in [0.05, 0.1) is 6.54 Å². The van der Waals surface area contributed by atoms with E-state index in [0.717, 1.165) is 11.1 Å². The lowest BCUT2D eigenvalue weighted by Gasteiger charge is -2.22. The second kappa shape index (κ2) is 6.21. The summed E-state index contributed by atoms with van der Waals surface area (Å²) in [6, 6.07) is 12.2. The lowest BCUT2D eigenvalue weighted by Crippen LogP contribution is -2.45. The molecule has 1 atom stereocenters. The van der Waals surface area contributed by atoms with Crippen LogP contribution in [0.5, 0.6) is 11.5 Å².